The second-order valence-electron chi connectivity index (χ2n) is 12.7. The van der Waals surface area contributed by atoms with E-state index < -0.39 is 0 Å². The number of fused-ring (bicyclic) bond motifs is 1. The topological polar surface area (TPSA) is 95.4 Å². The van der Waals surface area contributed by atoms with E-state index in [1.165, 1.54) is 0 Å². The van der Waals surface area contributed by atoms with Gasteiger partial charge >= 0.3 is 0 Å². The van der Waals surface area contributed by atoms with Gasteiger partial charge in [0, 0.05) is 68.0 Å². The molecular weight excluding hydrogens is 526 g/mol. The van der Waals surface area contributed by atoms with E-state index in [2.05, 4.69) is 85.3 Å². The molecule has 3 atom stereocenters. The average Bonchev–Trinajstić information content (AvgIpc) is 3.41. The smallest absolute Gasteiger partial charge is 0.252 e. The van der Waals surface area contributed by atoms with E-state index in [4.69, 9.17) is 4.98 Å². The van der Waals surface area contributed by atoms with Crippen LogP contribution in [0.5, 0.6) is 0 Å². The van der Waals surface area contributed by atoms with Gasteiger partial charge in [-0.2, -0.15) is 5.10 Å². The number of piperidine rings is 1. The summed E-state index contributed by atoms with van der Waals surface area (Å²) in [4.78, 5) is 36.3. The van der Waals surface area contributed by atoms with Crippen molar-refractivity contribution in [3.63, 3.8) is 0 Å². The second kappa shape index (κ2) is 12.8. The summed E-state index contributed by atoms with van der Waals surface area (Å²) in [6, 6.07) is 9.09. The SMILES string of the molecule is CCCC1CC(C)NC(=O)C1CNC(=O)c1cc(-c2ccc(N3CCN(C(C)C)CC3)nc2)cc2c1cnn2C(C)C. The Hall–Kier alpha value is -3.46. The molecule has 4 heterocycles. The lowest BCUT2D eigenvalue weighted by Crippen LogP contribution is -2.51. The minimum absolute atomic E-state index is 0.0378. The summed E-state index contributed by atoms with van der Waals surface area (Å²) < 4.78 is 1.96. The Kier molecular flexibility index (Phi) is 9.16. The van der Waals surface area contributed by atoms with E-state index >= 15 is 0 Å². The maximum atomic E-state index is 13.7. The van der Waals surface area contributed by atoms with Crippen molar-refractivity contribution in [2.75, 3.05) is 37.6 Å². The Morgan fingerprint density at radius 3 is 2.45 bits per heavy atom. The van der Waals surface area contributed by atoms with Gasteiger partial charge in [-0.3, -0.25) is 19.2 Å². The zero-order valence-electron chi connectivity index (χ0n) is 26.1. The van der Waals surface area contributed by atoms with Crippen LogP contribution in [0, 0.1) is 11.8 Å². The number of pyridine rings is 1. The van der Waals surface area contributed by atoms with Crippen LogP contribution >= 0.6 is 0 Å². The number of aromatic nitrogens is 3. The molecule has 226 valence electrons. The summed E-state index contributed by atoms with van der Waals surface area (Å²) in [6.45, 7) is 17.2. The number of piperazine rings is 1. The van der Waals surface area contributed by atoms with Gasteiger partial charge in [0.05, 0.1) is 23.2 Å². The molecule has 2 fully saturated rings. The fourth-order valence-electron chi connectivity index (χ4n) is 6.61. The van der Waals surface area contributed by atoms with Gasteiger partial charge in [-0.1, -0.05) is 13.3 Å². The van der Waals surface area contributed by atoms with E-state index in [1.807, 2.05) is 16.9 Å². The molecule has 9 heteroatoms. The molecule has 0 spiro atoms. The minimum Gasteiger partial charge on any atom is -0.354 e. The van der Waals surface area contributed by atoms with Crippen LogP contribution in [0.3, 0.4) is 0 Å². The van der Waals surface area contributed by atoms with Gasteiger partial charge < -0.3 is 15.5 Å². The number of nitrogens with one attached hydrogen (secondary N) is 2. The molecule has 1 aromatic carbocycles. The van der Waals surface area contributed by atoms with Crippen LogP contribution in [-0.2, 0) is 4.79 Å². The van der Waals surface area contributed by atoms with E-state index in [0.717, 1.165) is 73.3 Å². The number of carbonyl (C=O) groups excluding carboxylic acids is 2. The van der Waals surface area contributed by atoms with Crippen LogP contribution in [0.25, 0.3) is 22.0 Å². The molecule has 2 aliphatic rings. The number of benzene rings is 1. The molecule has 3 unspecified atom stereocenters. The quantitative estimate of drug-likeness (QED) is 0.379. The predicted octanol–water partition coefficient (Wildman–Crippen LogP) is 4.88. The highest BCUT2D eigenvalue weighted by Gasteiger charge is 2.34. The first-order valence-electron chi connectivity index (χ1n) is 15.7. The van der Waals surface area contributed by atoms with Gasteiger partial charge in [0.1, 0.15) is 5.82 Å². The average molecular weight is 574 g/mol. The second-order valence-corrected chi connectivity index (χ2v) is 12.7. The number of anilines is 1. The number of hydrogen-bond donors (Lipinski definition) is 2. The van der Waals surface area contributed by atoms with Crippen LogP contribution in [0.4, 0.5) is 5.82 Å². The van der Waals surface area contributed by atoms with E-state index in [1.54, 1.807) is 6.20 Å². The van der Waals surface area contributed by atoms with Gasteiger partial charge in [-0.25, -0.2) is 4.98 Å². The molecular formula is C33H47N7O2. The summed E-state index contributed by atoms with van der Waals surface area (Å²) >= 11 is 0. The lowest BCUT2D eigenvalue weighted by molar-refractivity contribution is -0.129. The van der Waals surface area contributed by atoms with Gasteiger partial charge in [0.15, 0.2) is 0 Å². The molecule has 0 bridgehead atoms. The Labute approximate surface area is 250 Å². The molecule has 2 amide bonds. The Bertz CT molecular complexity index is 1390. The highest BCUT2D eigenvalue weighted by atomic mass is 16.2. The van der Waals surface area contributed by atoms with Crippen molar-refractivity contribution in [3.8, 4) is 11.1 Å². The number of carbonyl (C=O) groups is 2. The third-order valence-corrected chi connectivity index (χ3v) is 8.99. The molecule has 2 N–H and O–H groups in total. The van der Waals surface area contributed by atoms with Crippen molar-refractivity contribution in [1.29, 1.82) is 0 Å². The lowest BCUT2D eigenvalue weighted by atomic mass is 9.80. The molecule has 3 aromatic rings. The van der Waals surface area contributed by atoms with Crippen molar-refractivity contribution in [1.82, 2.24) is 30.3 Å². The Morgan fingerprint density at radius 1 is 1.05 bits per heavy atom. The highest BCUT2D eigenvalue weighted by molar-refractivity contribution is 6.08. The third kappa shape index (κ3) is 6.31. The summed E-state index contributed by atoms with van der Waals surface area (Å²) in [5.41, 5.74) is 3.36. The summed E-state index contributed by atoms with van der Waals surface area (Å²) in [7, 11) is 0. The third-order valence-electron chi connectivity index (χ3n) is 8.99. The largest absolute Gasteiger partial charge is 0.354 e. The van der Waals surface area contributed by atoms with Gasteiger partial charge in [-0.05, 0) is 83.2 Å². The predicted molar refractivity (Wildman–Crippen MR) is 169 cm³/mol. The molecule has 2 aromatic heterocycles. The molecule has 0 radical (unpaired) electrons. The van der Waals surface area contributed by atoms with Crippen LogP contribution in [0.2, 0.25) is 0 Å². The molecule has 0 saturated carbocycles. The normalized spacial score (nSPS) is 21.8. The van der Waals surface area contributed by atoms with Crippen molar-refractivity contribution in [2.24, 2.45) is 11.8 Å². The van der Waals surface area contributed by atoms with Gasteiger partial charge in [0.2, 0.25) is 5.91 Å². The zero-order valence-corrected chi connectivity index (χ0v) is 26.1. The number of amides is 2. The maximum absolute atomic E-state index is 13.7. The molecule has 0 aliphatic carbocycles. The molecule has 42 heavy (non-hydrogen) atoms. The number of rotatable bonds is 9. The monoisotopic (exact) mass is 573 g/mol. The Balaban J connectivity index is 1.39. The first-order chi connectivity index (χ1) is 20.2. The van der Waals surface area contributed by atoms with Crippen molar-refractivity contribution in [3.05, 3.63) is 42.2 Å². The van der Waals surface area contributed by atoms with Crippen LogP contribution in [0.1, 0.15) is 77.2 Å². The summed E-state index contributed by atoms with van der Waals surface area (Å²) in [5, 5.41) is 11.6. The van der Waals surface area contributed by atoms with Crippen LogP contribution < -0.4 is 15.5 Å². The first-order valence-corrected chi connectivity index (χ1v) is 15.7. The van der Waals surface area contributed by atoms with Crippen LogP contribution in [0.15, 0.2) is 36.7 Å². The molecule has 9 nitrogen and oxygen atoms in total. The molecule has 2 aliphatic heterocycles. The molecule has 2 saturated heterocycles. The fraction of sp³-hybridized carbons (Fsp3) is 0.576. The summed E-state index contributed by atoms with van der Waals surface area (Å²) in [6.07, 6.45) is 6.63. The first kappa shape index (κ1) is 30.0. The Morgan fingerprint density at radius 2 is 1.81 bits per heavy atom. The van der Waals surface area contributed by atoms with Crippen molar-refractivity contribution < 1.29 is 9.59 Å². The lowest BCUT2D eigenvalue weighted by Gasteiger charge is -2.37. The van der Waals surface area contributed by atoms with E-state index in [0.29, 0.717) is 18.2 Å². The fourth-order valence-corrected chi connectivity index (χ4v) is 6.61. The van der Waals surface area contributed by atoms with Gasteiger partial charge in [-0.15, -0.1) is 0 Å². The van der Waals surface area contributed by atoms with Crippen molar-refractivity contribution >= 4 is 28.5 Å². The van der Waals surface area contributed by atoms with E-state index in [-0.39, 0.29) is 35.7 Å². The number of hydrogen-bond acceptors (Lipinski definition) is 6. The number of nitrogens with zero attached hydrogens (tertiary/aromatic N) is 5. The standard InChI is InChI=1S/C33H47N7O2/c1-7-8-24-15-23(6)37-33(42)28(24)19-35-32(41)27-16-26(17-30-29(27)20-36-40(30)22(4)5)25-9-10-31(34-18-25)39-13-11-38(12-14-39)21(2)3/h9-10,16-18,20-24,28H,7-8,11-15,19H2,1-6H3,(H,35,41)(H,37,42). The highest BCUT2D eigenvalue weighted by Crippen LogP contribution is 2.31. The zero-order chi connectivity index (χ0) is 30.0. The molecule has 5 rings (SSSR count). The van der Waals surface area contributed by atoms with Crippen molar-refractivity contribution in [2.45, 2.75) is 78.9 Å². The van der Waals surface area contributed by atoms with Gasteiger partial charge in [0.25, 0.3) is 5.91 Å². The van der Waals surface area contributed by atoms with Crippen LogP contribution in [-0.4, -0.2) is 76.3 Å². The minimum atomic E-state index is -0.221. The maximum Gasteiger partial charge on any atom is 0.252 e. The van der Waals surface area contributed by atoms with E-state index in [9.17, 15) is 9.59 Å². The summed E-state index contributed by atoms with van der Waals surface area (Å²) in [5.74, 6) is 0.888.